The summed E-state index contributed by atoms with van der Waals surface area (Å²) in [5.74, 6) is 1.40. The summed E-state index contributed by atoms with van der Waals surface area (Å²) >= 11 is 5.58. The van der Waals surface area contributed by atoms with Gasteiger partial charge in [-0.25, -0.2) is 4.98 Å². The monoisotopic (exact) mass is 286 g/mol. The molecule has 0 amide bonds. The lowest BCUT2D eigenvalue weighted by Gasteiger charge is -2.07. The Balaban J connectivity index is 0.00000162. The van der Waals surface area contributed by atoms with Crippen molar-refractivity contribution >= 4 is 24.0 Å². The van der Waals surface area contributed by atoms with Gasteiger partial charge in [0.05, 0.1) is 12.2 Å². The number of imidazole rings is 1. The zero-order valence-electron chi connectivity index (χ0n) is 9.96. The molecule has 0 bridgehead atoms. The van der Waals surface area contributed by atoms with Gasteiger partial charge in [-0.05, 0) is 24.1 Å². The molecule has 0 unspecified atom stereocenters. The van der Waals surface area contributed by atoms with Gasteiger partial charge in [-0.2, -0.15) is 0 Å². The number of nitrogens with zero attached hydrogens (tertiary/aromatic N) is 2. The molecular weight excluding hydrogens is 271 g/mol. The van der Waals surface area contributed by atoms with E-state index in [-0.39, 0.29) is 12.4 Å². The van der Waals surface area contributed by atoms with E-state index in [1.807, 2.05) is 24.7 Å². The summed E-state index contributed by atoms with van der Waals surface area (Å²) in [7, 11) is 0. The van der Waals surface area contributed by atoms with Gasteiger partial charge in [0, 0.05) is 18.9 Å². The minimum atomic E-state index is 0. The van der Waals surface area contributed by atoms with Crippen molar-refractivity contribution in [3.8, 4) is 5.75 Å². The SMILES string of the molecule is Cl.ClCCOc1cccc(CCn2ccnc2)c1. The Bertz CT molecular complexity index is 446. The highest BCUT2D eigenvalue weighted by Crippen LogP contribution is 2.14. The molecule has 0 aliphatic carbocycles. The second kappa shape index (κ2) is 8.01. The summed E-state index contributed by atoms with van der Waals surface area (Å²) in [6.07, 6.45) is 6.55. The molecule has 1 aromatic heterocycles. The minimum Gasteiger partial charge on any atom is -0.492 e. The molecule has 2 aromatic rings. The summed E-state index contributed by atoms with van der Waals surface area (Å²) in [6.45, 7) is 1.48. The summed E-state index contributed by atoms with van der Waals surface area (Å²) in [4.78, 5) is 4.02. The Morgan fingerprint density at radius 2 is 2.22 bits per heavy atom. The molecule has 18 heavy (non-hydrogen) atoms. The van der Waals surface area contributed by atoms with Crippen molar-refractivity contribution in [1.29, 1.82) is 0 Å². The second-order valence-electron chi connectivity index (χ2n) is 3.74. The molecule has 0 N–H and O–H groups in total. The van der Waals surface area contributed by atoms with E-state index in [1.54, 1.807) is 6.20 Å². The van der Waals surface area contributed by atoms with Crippen molar-refractivity contribution in [2.75, 3.05) is 12.5 Å². The van der Waals surface area contributed by atoms with E-state index in [0.29, 0.717) is 12.5 Å². The highest BCUT2D eigenvalue weighted by atomic mass is 35.5. The number of ether oxygens (including phenoxy) is 1. The minimum absolute atomic E-state index is 0. The number of benzene rings is 1. The first-order valence-corrected chi connectivity index (χ1v) is 6.15. The normalized spacial score (nSPS) is 9.83. The average molecular weight is 287 g/mol. The molecule has 0 aliphatic heterocycles. The van der Waals surface area contributed by atoms with E-state index in [1.165, 1.54) is 5.56 Å². The molecule has 0 fully saturated rings. The van der Waals surface area contributed by atoms with Crippen molar-refractivity contribution in [3.05, 3.63) is 48.5 Å². The summed E-state index contributed by atoms with van der Waals surface area (Å²) in [6, 6.07) is 8.12. The highest BCUT2D eigenvalue weighted by molar-refractivity contribution is 6.18. The molecule has 5 heteroatoms. The third-order valence-corrected chi connectivity index (χ3v) is 2.62. The zero-order valence-corrected chi connectivity index (χ0v) is 11.5. The van der Waals surface area contributed by atoms with Gasteiger partial charge in [-0.3, -0.25) is 0 Å². The fourth-order valence-electron chi connectivity index (χ4n) is 1.62. The summed E-state index contributed by atoms with van der Waals surface area (Å²) in [5.41, 5.74) is 1.26. The van der Waals surface area contributed by atoms with E-state index < -0.39 is 0 Å². The Labute approximate surface area is 118 Å². The zero-order chi connectivity index (χ0) is 11.9. The topological polar surface area (TPSA) is 27.1 Å². The Morgan fingerprint density at radius 3 is 2.94 bits per heavy atom. The average Bonchev–Trinajstić information content (AvgIpc) is 2.87. The molecule has 0 spiro atoms. The smallest absolute Gasteiger partial charge is 0.119 e. The van der Waals surface area contributed by atoms with Gasteiger partial charge in [0.15, 0.2) is 0 Å². The van der Waals surface area contributed by atoms with Crippen LogP contribution < -0.4 is 4.74 Å². The van der Waals surface area contributed by atoms with Crippen LogP contribution in [0, 0.1) is 0 Å². The van der Waals surface area contributed by atoms with Crippen LogP contribution in [0.4, 0.5) is 0 Å². The lowest BCUT2D eigenvalue weighted by atomic mass is 10.1. The predicted octanol–water partition coefficient (Wildman–Crippen LogP) is 3.17. The van der Waals surface area contributed by atoms with Crippen molar-refractivity contribution in [3.63, 3.8) is 0 Å². The number of hydrogen-bond acceptors (Lipinski definition) is 2. The van der Waals surface area contributed by atoms with Crippen molar-refractivity contribution in [2.45, 2.75) is 13.0 Å². The molecule has 3 nitrogen and oxygen atoms in total. The van der Waals surface area contributed by atoms with Gasteiger partial charge < -0.3 is 9.30 Å². The quantitative estimate of drug-likeness (QED) is 0.763. The number of hydrogen-bond donors (Lipinski definition) is 0. The first kappa shape index (κ1) is 14.9. The Morgan fingerprint density at radius 1 is 1.33 bits per heavy atom. The van der Waals surface area contributed by atoms with Gasteiger partial charge in [-0.15, -0.1) is 24.0 Å². The molecule has 0 atom stereocenters. The molecule has 98 valence electrons. The standard InChI is InChI=1S/C13H15ClN2O.ClH/c14-5-9-17-13-3-1-2-12(10-13)4-7-16-8-6-15-11-16;/h1-3,6,8,10-11H,4-5,7,9H2;1H. The third-order valence-electron chi connectivity index (χ3n) is 2.46. The Kier molecular flexibility index (Phi) is 6.61. The van der Waals surface area contributed by atoms with Crippen LogP contribution in [-0.4, -0.2) is 22.0 Å². The molecule has 2 rings (SSSR count). The van der Waals surface area contributed by atoms with Crippen LogP contribution >= 0.6 is 24.0 Å². The highest BCUT2D eigenvalue weighted by Gasteiger charge is 1.98. The summed E-state index contributed by atoms with van der Waals surface area (Å²) in [5, 5.41) is 0. The van der Waals surface area contributed by atoms with Gasteiger partial charge in [0.25, 0.3) is 0 Å². The lowest BCUT2D eigenvalue weighted by molar-refractivity contribution is 0.342. The van der Waals surface area contributed by atoms with Crippen LogP contribution in [-0.2, 0) is 13.0 Å². The molecule has 0 aliphatic rings. The first-order chi connectivity index (χ1) is 8.38. The number of alkyl halides is 1. The predicted molar refractivity (Wildman–Crippen MR) is 75.8 cm³/mol. The maximum Gasteiger partial charge on any atom is 0.119 e. The van der Waals surface area contributed by atoms with E-state index in [2.05, 4.69) is 21.7 Å². The van der Waals surface area contributed by atoms with Crippen molar-refractivity contribution in [2.24, 2.45) is 0 Å². The Hall–Kier alpha value is -1.19. The van der Waals surface area contributed by atoms with Gasteiger partial charge in [0.2, 0.25) is 0 Å². The second-order valence-corrected chi connectivity index (χ2v) is 4.11. The van der Waals surface area contributed by atoms with Crippen molar-refractivity contribution < 1.29 is 4.74 Å². The molecule has 0 saturated heterocycles. The van der Waals surface area contributed by atoms with E-state index in [4.69, 9.17) is 16.3 Å². The number of aryl methyl sites for hydroxylation is 2. The van der Waals surface area contributed by atoms with Crippen LogP contribution in [0.15, 0.2) is 43.0 Å². The van der Waals surface area contributed by atoms with Crippen molar-refractivity contribution in [1.82, 2.24) is 9.55 Å². The fraction of sp³-hybridized carbons (Fsp3) is 0.308. The van der Waals surface area contributed by atoms with Crippen LogP contribution in [0.25, 0.3) is 0 Å². The lowest BCUT2D eigenvalue weighted by Crippen LogP contribution is -2.00. The van der Waals surface area contributed by atoms with E-state index in [9.17, 15) is 0 Å². The van der Waals surface area contributed by atoms with Gasteiger partial charge in [-0.1, -0.05) is 12.1 Å². The van der Waals surface area contributed by atoms with Gasteiger partial charge >= 0.3 is 0 Å². The van der Waals surface area contributed by atoms with Crippen LogP contribution in [0.3, 0.4) is 0 Å². The molecule has 0 radical (unpaired) electrons. The number of halogens is 2. The fourth-order valence-corrected chi connectivity index (χ4v) is 1.70. The molecular formula is C13H16Cl2N2O. The summed E-state index contributed by atoms with van der Waals surface area (Å²) < 4.78 is 7.54. The maximum atomic E-state index is 5.58. The largest absolute Gasteiger partial charge is 0.492 e. The molecule has 0 saturated carbocycles. The van der Waals surface area contributed by atoms with Crippen LogP contribution in [0.5, 0.6) is 5.75 Å². The van der Waals surface area contributed by atoms with Crippen LogP contribution in [0.1, 0.15) is 5.56 Å². The first-order valence-electron chi connectivity index (χ1n) is 5.62. The number of rotatable bonds is 6. The maximum absolute atomic E-state index is 5.58. The number of aromatic nitrogens is 2. The third kappa shape index (κ3) is 4.59. The van der Waals surface area contributed by atoms with Gasteiger partial charge in [0.1, 0.15) is 12.4 Å². The van der Waals surface area contributed by atoms with E-state index in [0.717, 1.165) is 18.7 Å². The van der Waals surface area contributed by atoms with Crippen LogP contribution in [0.2, 0.25) is 0 Å². The van der Waals surface area contributed by atoms with E-state index >= 15 is 0 Å². The molecule has 1 heterocycles. The molecule has 1 aromatic carbocycles.